The van der Waals surface area contributed by atoms with Gasteiger partial charge in [0.25, 0.3) is 0 Å². The maximum atomic E-state index is 13.3. The molecule has 0 aliphatic rings. The lowest BCUT2D eigenvalue weighted by Gasteiger charge is -2.14. The Morgan fingerprint density at radius 1 is 1.21 bits per heavy atom. The van der Waals surface area contributed by atoms with Gasteiger partial charge in [0.15, 0.2) is 0 Å². The van der Waals surface area contributed by atoms with Gasteiger partial charge in [-0.15, -0.1) is 0 Å². The van der Waals surface area contributed by atoms with E-state index in [1.807, 2.05) is 26.1 Å². The molecule has 0 unspecified atom stereocenters. The van der Waals surface area contributed by atoms with Gasteiger partial charge < -0.3 is 10.1 Å². The fourth-order valence-electron chi connectivity index (χ4n) is 1.79. The maximum Gasteiger partial charge on any atom is 0.133 e. The second-order valence-corrected chi connectivity index (χ2v) is 4.67. The van der Waals surface area contributed by atoms with E-state index < -0.39 is 0 Å². The Morgan fingerprint density at radius 3 is 2.74 bits per heavy atom. The Hall–Kier alpha value is -1.58. The zero-order chi connectivity index (χ0) is 13.8. The summed E-state index contributed by atoms with van der Waals surface area (Å²) in [5.41, 5.74) is 1.73. The summed E-state index contributed by atoms with van der Waals surface area (Å²) < 4.78 is 19.0. The normalized spacial score (nSPS) is 10.5. The van der Waals surface area contributed by atoms with E-state index in [0.717, 1.165) is 11.1 Å². The molecule has 0 atom stereocenters. The van der Waals surface area contributed by atoms with Gasteiger partial charge in [-0.2, -0.15) is 0 Å². The van der Waals surface area contributed by atoms with Crippen LogP contribution in [0.1, 0.15) is 11.1 Å². The summed E-state index contributed by atoms with van der Waals surface area (Å²) >= 11 is 6.15. The lowest BCUT2D eigenvalue weighted by molar-refractivity contribution is 0.465. The molecule has 0 bridgehead atoms. The molecule has 0 spiro atoms. The molecule has 2 nitrogen and oxygen atoms in total. The molecule has 2 rings (SSSR count). The predicted octanol–water partition coefficient (Wildman–Crippen LogP) is 4.30. The Morgan fingerprint density at radius 2 is 2.00 bits per heavy atom. The van der Waals surface area contributed by atoms with Crippen LogP contribution in [0, 0.1) is 12.7 Å². The second kappa shape index (κ2) is 6.04. The Bertz CT molecular complexity index is 586. The average molecular weight is 280 g/mol. The summed E-state index contributed by atoms with van der Waals surface area (Å²) in [6.45, 7) is 2.46. The van der Waals surface area contributed by atoms with E-state index in [0.29, 0.717) is 23.1 Å². The topological polar surface area (TPSA) is 21.3 Å². The van der Waals surface area contributed by atoms with Crippen molar-refractivity contribution in [3.8, 4) is 11.5 Å². The zero-order valence-electron chi connectivity index (χ0n) is 10.8. The van der Waals surface area contributed by atoms with E-state index >= 15 is 0 Å². The van der Waals surface area contributed by atoms with Crippen LogP contribution in [0.2, 0.25) is 5.02 Å². The van der Waals surface area contributed by atoms with E-state index in [9.17, 15) is 4.39 Å². The van der Waals surface area contributed by atoms with Crippen LogP contribution in [-0.4, -0.2) is 7.05 Å². The molecule has 0 fully saturated rings. The van der Waals surface area contributed by atoms with E-state index in [-0.39, 0.29) is 5.82 Å². The molecule has 0 aliphatic carbocycles. The monoisotopic (exact) mass is 279 g/mol. The number of aryl methyl sites for hydroxylation is 1. The molecule has 2 aromatic carbocycles. The highest BCUT2D eigenvalue weighted by Gasteiger charge is 2.10. The van der Waals surface area contributed by atoms with Gasteiger partial charge in [-0.05, 0) is 37.7 Å². The third-order valence-electron chi connectivity index (χ3n) is 2.80. The molecular weight excluding hydrogens is 265 g/mol. The summed E-state index contributed by atoms with van der Waals surface area (Å²) in [7, 11) is 1.83. The predicted molar refractivity (Wildman–Crippen MR) is 75.4 cm³/mol. The summed E-state index contributed by atoms with van der Waals surface area (Å²) in [4.78, 5) is 0. The molecule has 0 saturated carbocycles. The number of halogens is 2. The first-order valence-electron chi connectivity index (χ1n) is 5.98. The minimum Gasteiger partial charge on any atom is -0.457 e. The molecule has 19 heavy (non-hydrogen) atoms. The van der Waals surface area contributed by atoms with Crippen LogP contribution >= 0.6 is 11.6 Å². The first-order valence-corrected chi connectivity index (χ1v) is 6.35. The summed E-state index contributed by atoms with van der Waals surface area (Å²) in [5, 5.41) is 3.66. The van der Waals surface area contributed by atoms with Crippen molar-refractivity contribution >= 4 is 11.6 Å². The first-order chi connectivity index (χ1) is 9.11. The van der Waals surface area contributed by atoms with Crippen molar-refractivity contribution in [2.75, 3.05) is 7.05 Å². The van der Waals surface area contributed by atoms with Crippen LogP contribution < -0.4 is 10.1 Å². The van der Waals surface area contributed by atoms with Crippen LogP contribution in [0.5, 0.6) is 11.5 Å². The number of nitrogens with one attached hydrogen (secondary N) is 1. The quantitative estimate of drug-likeness (QED) is 0.901. The average Bonchev–Trinajstić information content (AvgIpc) is 2.38. The van der Waals surface area contributed by atoms with Crippen LogP contribution in [0.15, 0.2) is 36.4 Å². The van der Waals surface area contributed by atoms with Crippen LogP contribution in [0.3, 0.4) is 0 Å². The molecule has 0 saturated heterocycles. The summed E-state index contributed by atoms with van der Waals surface area (Å²) in [6.07, 6.45) is 0. The van der Waals surface area contributed by atoms with E-state index in [1.54, 1.807) is 12.1 Å². The van der Waals surface area contributed by atoms with E-state index in [1.165, 1.54) is 12.1 Å². The van der Waals surface area contributed by atoms with Gasteiger partial charge in [0.05, 0.1) is 0 Å². The van der Waals surface area contributed by atoms with Gasteiger partial charge in [0, 0.05) is 23.2 Å². The Balaban J connectivity index is 2.37. The summed E-state index contributed by atoms with van der Waals surface area (Å²) in [5.74, 6) is 0.813. The maximum absolute atomic E-state index is 13.3. The van der Waals surface area contributed by atoms with E-state index in [4.69, 9.17) is 16.3 Å². The van der Waals surface area contributed by atoms with Crippen molar-refractivity contribution in [3.05, 3.63) is 58.4 Å². The van der Waals surface area contributed by atoms with E-state index in [2.05, 4.69) is 5.32 Å². The molecule has 1 N–H and O–H groups in total. The van der Waals surface area contributed by atoms with Crippen molar-refractivity contribution in [2.24, 2.45) is 0 Å². The molecule has 2 aromatic rings. The zero-order valence-corrected chi connectivity index (χ0v) is 11.6. The highest BCUT2D eigenvalue weighted by molar-refractivity contribution is 6.31. The number of rotatable bonds is 4. The minimum atomic E-state index is -0.321. The lowest BCUT2D eigenvalue weighted by Crippen LogP contribution is -2.07. The minimum absolute atomic E-state index is 0.321. The molecule has 0 radical (unpaired) electrons. The Labute approximate surface area is 117 Å². The molecule has 0 aromatic heterocycles. The fourth-order valence-corrected chi connectivity index (χ4v) is 2.02. The number of hydrogen-bond donors (Lipinski definition) is 1. The van der Waals surface area contributed by atoms with Crippen LogP contribution in [0.4, 0.5) is 4.39 Å². The first kappa shape index (κ1) is 13.8. The third-order valence-corrected chi connectivity index (χ3v) is 3.15. The highest BCUT2D eigenvalue weighted by atomic mass is 35.5. The molecule has 100 valence electrons. The molecule has 0 amide bonds. The van der Waals surface area contributed by atoms with Crippen LogP contribution in [-0.2, 0) is 6.54 Å². The standard InChI is InChI=1S/C15H15ClFNO/c1-10-6-7-11(17)8-15(10)19-14-5-3-4-13(16)12(14)9-18-2/h3-8,18H,9H2,1-2H3. The molecule has 0 heterocycles. The van der Waals surface area contributed by atoms with Crippen molar-refractivity contribution in [2.45, 2.75) is 13.5 Å². The fraction of sp³-hybridized carbons (Fsp3) is 0.200. The van der Waals surface area contributed by atoms with Gasteiger partial charge in [0.1, 0.15) is 17.3 Å². The van der Waals surface area contributed by atoms with Gasteiger partial charge in [0.2, 0.25) is 0 Å². The number of benzene rings is 2. The van der Waals surface area contributed by atoms with Crippen molar-refractivity contribution in [1.82, 2.24) is 5.32 Å². The van der Waals surface area contributed by atoms with Gasteiger partial charge in [-0.3, -0.25) is 0 Å². The lowest BCUT2D eigenvalue weighted by atomic mass is 10.2. The molecule has 4 heteroatoms. The largest absolute Gasteiger partial charge is 0.457 e. The number of ether oxygens (including phenoxy) is 1. The van der Waals surface area contributed by atoms with Crippen molar-refractivity contribution < 1.29 is 9.13 Å². The Kier molecular flexibility index (Phi) is 4.40. The van der Waals surface area contributed by atoms with Crippen molar-refractivity contribution in [3.63, 3.8) is 0 Å². The molecular formula is C15H15ClFNO. The number of hydrogen-bond acceptors (Lipinski definition) is 2. The second-order valence-electron chi connectivity index (χ2n) is 4.26. The highest BCUT2D eigenvalue weighted by Crippen LogP contribution is 2.32. The van der Waals surface area contributed by atoms with Gasteiger partial charge in [-0.25, -0.2) is 4.39 Å². The van der Waals surface area contributed by atoms with Crippen LogP contribution in [0.25, 0.3) is 0 Å². The smallest absolute Gasteiger partial charge is 0.133 e. The van der Waals surface area contributed by atoms with Gasteiger partial charge >= 0.3 is 0 Å². The summed E-state index contributed by atoms with van der Waals surface area (Å²) in [6, 6.07) is 9.91. The molecule has 0 aliphatic heterocycles. The third kappa shape index (κ3) is 3.25. The van der Waals surface area contributed by atoms with Gasteiger partial charge in [-0.1, -0.05) is 23.7 Å². The van der Waals surface area contributed by atoms with Crippen molar-refractivity contribution in [1.29, 1.82) is 0 Å². The SMILES string of the molecule is CNCc1c(Cl)cccc1Oc1cc(F)ccc1C.